The van der Waals surface area contributed by atoms with Crippen LogP contribution in [0.15, 0.2) is 36.5 Å². The van der Waals surface area contributed by atoms with Crippen LogP contribution in [0.5, 0.6) is 0 Å². The molecule has 1 amide bonds. The number of carbonyl (C=O) groups is 1. The van der Waals surface area contributed by atoms with E-state index in [9.17, 15) is 4.79 Å². The van der Waals surface area contributed by atoms with E-state index in [1.54, 1.807) is 31.5 Å². The second-order valence-corrected chi connectivity index (χ2v) is 5.72. The normalized spacial score (nSPS) is 17.0. The number of nitrogens with zero attached hydrogens (tertiary/aromatic N) is 2. The maximum atomic E-state index is 12.2. The molecule has 1 atom stereocenters. The second-order valence-electron chi connectivity index (χ2n) is 5.72. The average Bonchev–Trinajstić information content (AvgIpc) is 3.16. The van der Waals surface area contributed by atoms with Crippen molar-refractivity contribution in [2.75, 3.05) is 13.7 Å². The van der Waals surface area contributed by atoms with Crippen LogP contribution in [0.25, 0.3) is 0 Å². The number of methoxy groups -OCH3 is 1. The number of hydrogen-bond donors (Lipinski definition) is 1. The van der Waals surface area contributed by atoms with Crippen LogP contribution in [-0.4, -0.2) is 29.6 Å². The van der Waals surface area contributed by atoms with Gasteiger partial charge < -0.3 is 14.8 Å². The maximum absolute atomic E-state index is 12.2. The van der Waals surface area contributed by atoms with E-state index >= 15 is 0 Å². The predicted molar refractivity (Wildman–Crippen MR) is 88.3 cm³/mol. The van der Waals surface area contributed by atoms with Gasteiger partial charge in [-0.05, 0) is 36.6 Å². The van der Waals surface area contributed by atoms with Crippen molar-refractivity contribution >= 4 is 5.91 Å². The van der Waals surface area contributed by atoms with Gasteiger partial charge in [-0.2, -0.15) is 0 Å². The second kappa shape index (κ2) is 7.99. The average molecular weight is 327 g/mol. The maximum Gasteiger partial charge on any atom is 0.251 e. The molecule has 3 rings (SSSR count). The SMILES string of the molecule is COCc1ccc(C(=O)NCc2ccnc(C3CCCO3)n2)cc1. The van der Waals surface area contributed by atoms with Crippen LogP contribution in [0.1, 0.15) is 46.4 Å². The highest BCUT2D eigenvalue weighted by Gasteiger charge is 2.20. The summed E-state index contributed by atoms with van der Waals surface area (Å²) in [7, 11) is 1.65. The van der Waals surface area contributed by atoms with E-state index in [-0.39, 0.29) is 12.0 Å². The summed E-state index contributed by atoms with van der Waals surface area (Å²) >= 11 is 0. The van der Waals surface area contributed by atoms with Crippen molar-refractivity contribution < 1.29 is 14.3 Å². The Morgan fingerprint density at radius 1 is 1.33 bits per heavy atom. The lowest BCUT2D eigenvalue weighted by molar-refractivity contribution is 0.0949. The Kier molecular flexibility index (Phi) is 5.51. The van der Waals surface area contributed by atoms with Crippen molar-refractivity contribution in [3.63, 3.8) is 0 Å². The number of ether oxygens (including phenoxy) is 2. The van der Waals surface area contributed by atoms with Crippen molar-refractivity contribution in [1.29, 1.82) is 0 Å². The molecule has 6 heteroatoms. The zero-order chi connectivity index (χ0) is 16.8. The van der Waals surface area contributed by atoms with Crippen LogP contribution < -0.4 is 5.32 Å². The van der Waals surface area contributed by atoms with Crippen LogP contribution in [0.3, 0.4) is 0 Å². The van der Waals surface area contributed by atoms with Crippen molar-refractivity contribution in [3.05, 3.63) is 59.2 Å². The number of amides is 1. The molecule has 2 heterocycles. The van der Waals surface area contributed by atoms with Gasteiger partial charge in [-0.3, -0.25) is 4.79 Å². The summed E-state index contributed by atoms with van der Waals surface area (Å²) < 4.78 is 10.7. The molecule has 1 saturated heterocycles. The zero-order valence-electron chi connectivity index (χ0n) is 13.7. The van der Waals surface area contributed by atoms with Gasteiger partial charge in [-0.25, -0.2) is 9.97 Å². The lowest BCUT2D eigenvalue weighted by Crippen LogP contribution is -2.23. The number of hydrogen-bond acceptors (Lipinski definition) is 5. The first-order chi connectivity index (χ1) is 11.8. The molecule has 1 aromatic carbocycles. The lowest BCUT2D eigenvalue weighted by atomic mass is 10.1. The van der Waals surface area contributed by atoms with Crippen LogP contribution in [0, 0.1) is 0 Å². The van der Waals surface area contributed by atoms with Gasteiger partial charge in [0.1, 0.15) is 6.10 Å². The Morgan fingerprint density at radius 3 is 2.88 bits per heavy atom. The standard InChI is InChI=1S/C18H21N3O3/c1-23-12-13-4-6-14(7-5-13)18(22)20-11-15-8-9-19-17(21-15)16-3-2-10-24-16/h4-9,16H,2-3,10-12H2,1H3,(H,20,22). The molecule has 2 aromatic rings. The number of nitrogens with one attached hydrogen (secondary N) is 1. The van der Waals surface area contributed by atoms with E-state index in [2.05, 4.69) is 15.3 Å². The molecule has 24 heavy (non-hydrogen) atoms. The minimum atomic E-state index is -0.128. The molecule has 126 valence electrons. The quantitative estimate of drug-likeness (QED) is 0.882. The summed E-state index contributed by atoms with van der Waals surface area (Å²) in [5, 5.41) is 2.88. The van der Waals surface area contributed by atoms with Crippen LogP contribution in [0.4, 0.5) is 0 Å². The number of carbonyl (C=O) groups excluding carboxylic acids is 1. The van der Waals surface area contributed by atoms with Crippen molar-refractivity contribution in [1.82, 2.24) is 15.3 Å². The third kappa shape index (κ3) is 4.15. The van der Waals surface area contributed by atoms with Crippen molar-refractivity contribution in [2.24, 2.45) is 0 Å². The first kappa shape index (κ1) is 16.5. The highest BCUT2D eigenvalue weighted by atomic mass is 16.5. The Bertz CT molecular complexity index is 682. The largest absolute Gasteiger partial charge is 0.380 e. The van der Waals surface area contributed by atoms with E-state index in [0.29, 0.717) is 24.5 Å². The molecule has 1 fully saturated rings. The highest BCUT2D eigenvalue weighted by molar-refractivity contribution is 5.94. The van der Waals surface area contributed by atoms with E-state index < -0.39 is 0 Å². The van der Waals surface area contributed by atoms with Crippen LogP contribution in [-0.2, 0) is 22.6 Å². The third-order valence-electron chi connectivity index (χ3n) is 3.91. The molecule has 0 saturated carbocycles. The number of benzene rings is 1. The molecule has 1 N–H and O–H groups in total. The summed E-state index contributed by atoms with van der Waals surface area (Å²) in [5.41, 5.74) is 2.43. The minimum absolute atomic E-state index is 0.0195. The minimum Gasteiger partial charge on any atom is -0.380 e. The summed E-state index contributed by atoms with van der Waals surface area (Å²) in [6.07, 6.45) is 3.68. The Hall–Kier alpha value is -2.31. The van der Waals surface area contributed by atoms with E-state index in [1.165, 1.54) is 0 Å². The molecule has 0 bridgehead atoms. The Labute approximate surface area is 141 Å². The first-order valence-corrected chi connectivity index (χ1v) is 8.06. The molecular formula is C18H21N3O3. The summed E-state index contributed by atoms with van der Waals surface area (Å²) in [6.45, 7) is 1.66. The molecular weight excluding hydrogens is 306 g/mol. The molecule has 1 aromatic heterocycles. The molecule has 1 aliphatic rings. The van der Waals surface area contributed by atoms with Gasteiger partial charge in [0.05, 0.1) is 18.8 Å². The smallest absolute Gasteiger partial charge is 0.251 e. The van der Waals surface area contributed by atoms with Gasteiger partial charge in [0.15, 0.2) is 5.82 Å². The highest BCUT2D eigenvalue weighted by Crippen LogP contribution is 2.25. The molecule has 0 radical (unpaired) electrons. The molecule has 0 aliphatic carbocycles. The number of rotatable bonds is 6. The lowest BCUT2D eigenvalue weighted by Gasteiger charge is -2.10. The van der Waals surface area contributed by atoms with Gasteiger partial charge in [-0.1, -0.05) is 12.1 Å². The Balaban J connectivity index is 1.58. The predicted octanol–water partition coefficient (Wildman–Crippen LogP) is 2.40. The van der Waals surface area contributed by atoms with Gasteiger partial charge in [0, 0.05) is 25.5 Å². The fourth-order valence-electron chi connectivity index (χ4n) is 2.64. The topological polar surface area (TPSA) is 73.3 Å². The summed E-state index contributed by atoms with van der Waals surface area (Å²) in [4.78, 5) is 21.0. The fourth-order valence-corrected chi connectivity index (χ4v) is 2.64. The molecule has 1 aliphatic heterocycles. The third-order valence-corrected chi connectivity index (χ3v) is 3.91. The van der Waals surface area contributed by atoms with Gasteiger partial charge in [-0.15, -0.1) is 0 Å². The monoisotopic (exact) mass is 327 g/mol. The molecule has 1 unspecified atom stereocenters. The van der Waals surface area contributed by atoms with Crippen LogP contribution >= 0.6 is 0 Å². The summed E-state index contributed by atoms with van der Waals surface area (Å²) in [6, 6.07) is 9.17. The van der Waals surface area contributed by atoms with E-state index in [0.717, 1.165) is 30.7 Å². The fraction of sp³-hybridized carbons (Fsp3) is 0.389. The first-order valence-electron chi connectivity index (χ1n) is 8.06. The number of aromatic nitrogens is 2. The van der Waals surface area contributed by atoms with Crippen LogP contribution in [0.2, 0.25) is 0 Å². The van der Waals surface area contributed by atoms with Crippen molar-refractivity contribution in [2.45, 2.75) is 32.1 Å². The van der Waals surface area contributed by atoms with Gasteiger partial charge in [0.2, 0.25) is 0 Å². The van der Waals surface area contributed by atoms with E-state index in [1.807, 2.05) is 12.1 Å². The van der Waals surface area contributed by atoms with Gasteiger partial charge >= 0.3 is 0 Å². The van der Waals surface area contributed by atoms with Gasteiger partial charge in [0.25, 0.3) is 5.91 Å². The zero-order valence-corrected chi connectivity index (χ0v) is 13.7. The molecule has 6 nitrogen and oxygen atoms in total. The Morgan fingerprint density at radius 2 is 2.17 bits per heavy atom. The van der Waals surface area contributed by atoms with E-state index in [4.69, 9.17) is 9.47 Å². The molecule has 0 spiro atoms. The van der Waals surface area contributed by atoms with Crippen molar-refractivity contribution in [3.8, 4) is 0 Å². The summed E-state index contributed by atoms with van der Waals surface area (Å²) in [5.74, 6) is 0.569.